The number of carbonyl (C=O) groups excluding carboxylic acids is 1. The number of hydrogen-bond acceptors (Lipinski definition) is 4. The van der Waals surface area contributed by atoms with Crippen molar-refractivity contribution in [1.29, 1.82) is 0 Å². The maximum absolute atomic E-state index is 11.7. The lowest BCUT2D eigenvalue weighted by molar-refractivity contribution is 0.0597. The molecule has 0 saturated carbocycles. The molecule has 0 aliphatic rings. The summed E-state index contributed by atoms with van der Waals surface area (Å²) in [5, 5.41) is 11.6. The van der Waals surface area contributed by atoms with Crippen LogP contribution in [0.15, 0.2) is 24.3 Å². The fraction of sp³-hybridized carbons (Fsp3) is 0.633. The molecule has 0 aromatic heterocycles. The average Bonchev–Trinajstić information content (AvgIpc) is 2.85. The van der Waals surface area contributed by atoms with Crippen LogP contribution in [0.1, 0.15) is 120 Å². The van der Waals surface area contributed by atoms with Gasteiger partial charge in [0.05, 0.1) is 13.7 Å². The van der Waals surface area contributed by atoms with Crippen LogP contribution in [0.5, 0.6) is 11.5 Å². The van der Waals surface area contributed by atoms with Crippen LogP contribution < -0.4 is 4.74 Å². The molecule has 1 N–H and O–H groups in total. The third-order valence-electron chi connectivity index (χ3n) is 6.55. The molecule has 4 heteroatoms. The van der Waals surface area contributed by atoms with Gasteiger partial charge < -0.3 is 14.6 Å². The zero-order valence-corrected chi connectivity index (χ0v) is 21.5. The highest BCUT2D eigenvalue weighted by Crippen LogP contribution is 2.31. The fourth-order valence-electron chi connectivity index (χ4n) is 4.41. The summed E-state index contributed by atoms with van der Waals surface area (Å²) in [6.45, 7) is 2.97. The highest BCUT2D eigenvalue weighted by molar-refractivity contribution is 6.01. The van der Waals surface area contributed by atoms with Crippen LogP contribution >= 0.6 is 0 Å². The van der Waals surface area contributed by atoms with Crippen LogP contribution in [-0.2, 0) is 4.74 Å². The predicted octanol–water partition coefficient (Wildman–Crippen LogP) is 8.77. The highest BCUT2D eigenvalue weighted by Gasteiger charge is 2.14. The van der Waals surface area contributed by atoms with Crippen molar-refractivity contribution in [3.05, 3.63) is 35.9 Å². The van der Waals surface area contributed by atoms with Crippen LogP contribution in [0.25, 0.3) is 10.8 Å². The quantitative estimate of drug-likeness (QED) is 0.165. The molecule has 0 heterocycles. The van der Waals surface area contributed by atoms with Gasteiger partial charge in [0, 0.05) is 5.39 Å². The zero-order chi connectivity index (χ0) is 24.4. The standard InChI is InChI=1S/C30H45O4/c1-3-4-5-6-7-8-9-10-11-12-13-14-15-16-17-18-23-34-26-20-22-27-25(24-26)19-21-28(29(27)31)30(32)33-2/h20-22,24,31H,3-18,23H2,1-2H3. The Kier molecular flexibility index (Phi) is 14.2. The van der Waals surface area contributed by atoms with Gasteiger partial charge in [-0.2, -0.15) is 0 Å². The Morgan fingerprint density at radius 1 is 0.824 bits per heavy atom. The largest absolute Gasteiger partial charge is 0.506 e. The molecular formula is C30H45O4. The number of benzene rings is 2. The number of methoxy groups -OCH3 is 1. The van der Waals surface area contributed by atoms with E-state index in [0.29, 0.717) is 12.0 Å². The van der Waals surface area contributed by atoms with Gasteiger partial charge in [-0.05, 0) is 42.1 Å². The molecule has 2 aromatic carbocycles. The van der Waals surface area contributed by atoms with Gasteiger partial charge in [0.1, 0.15) is 17.1 Å². The molecule has 0 saturated heterocycles. The first-order valence-electron chi connectivity index (χ1n) is 13.6. The lowest BCUT2D eigenvalue weighted by Crippen LogP contribution is -2.02. The summed E-state index contributed by atoms with van der Waals surface area (Å²) >= 11 is 0. The van der Waals surface area contributed by atoms with E-state index in [1.165, 1.54) is 109 Å². The summed E-state index contributed by atoms with van der Waals surface area (Å²) in [5.41, 5.74) is 0.122. The smallest absolute Gasteiger partial charge is 0.341 e. The molecule has 189 valence electrons. The summed E-state index contributed by atoms with van der Waals surface area (Å²) < 4.78 is 10.6. The molecule has 2 rings (SSSR count). The normalized spacial score (nSPS) is 11.1. The minimum Gasteiger partial charge on any atom is -0.506 e. The van der Waals surface area contributed by atoms with E-state index >= 15 is 0 Å². The van der Waals surface area contributed by atoms with E-state index in [4.69, 9.17) is 4.74 Å². The van der Waals surface area contributed by atoms with Gasteiger partial charge in [-0.25, -0.2) is 4.79 Å². The van der Waals surface area contributed by atoms with Crippen LogP contribution in [0.4, 0.5) is 0 Å². The summed E-state index contributed by atoms with van der Waals surface area (Å²) in [6.07, 6.45) is 21.7. The summed E-state index contributed by atoms with van der Waals surface area (Å²) in [5.74, 6) is 0.111. The molecular weight excluding hydrogens is 424 g/mol. The van der Waals surface area contributed by atoms with Crippen molar-refractivity contribution in [3.63, 3.8) is 0 Å². The number of hydrogen-bond donors (Lipinski definition) is 1. The Morgan fingerprint density at radius 3 is 1.88 bits per heavy atom. The van der Waals surface area contributed by atoms with Gasteiger partial charge in [0.25, 0.3) is 0 Å². The fourth-order valence-corrected chi connectivity index (χ4v) is 4.41. The lowest BCUT2D eigenvalue weighted by Gasteiger charge is -2.09. The Morgan fingerprint density at radius 2 is 1.35 bits per heavy atom. The molecule has 2 aromatic rings. The maximum Gasteiger partial charge on any atom is 0.341 e. The highest BCUT2D eigenvalue weighted by atomic mass is 16.5. The first-order chi connectivity index (χ1) is 16.7. The van der Waals surface area contributed by atoms with Gasteiger partial charge in [-0.1, -0.05) is 103 Å². The van der Waals surface area contributed by atoms with Crippen molar-refractivity contribution in [2.75, 3.05) is 13.7 Å². The van der Waals surface area contributed by atoms with Gasteiger partial charge in [-0.15, -0.1) is 0 Å². The number of esters is 1. The number of aromatic hydroxyl groups is 1. The zero-order valence-electron chi connectivity index (χ0n) is 21.5. The molecule has 0 spiro atoms. The average molecular weight is 470 g/mol. The van der Waals surface area contributed by atoms with Gasteiger partial charge in [0.15, 0.2) is 0 Å². The third kappa shape index (κ3) is 10.4. The number of ether oxygens (including phenoxy) is 2. The molecule has 0 amide bonds. The molecule has 4 nitrogen and oxygen atoms in total. The van der Waals surface area contributed by atoms with E-state index in [9.17, 15) is 9.90 Å². The van der Waals surface area contributed by atoms with Crippen LogP contribution in [0.3, 0.4) is 0 Å². The molecule has 0 unspecified atom stereocenters. The Labute approximate surface area is 207 Å². The van der Waals surface area contributed by atoms with Crippen molar-refractivity contribution in [2.24, 2.45) is 0 Å². The second-order valence-electron chi connectivity index (χ2n) is 9.40. The monoisotopic (exact) mass is 469 g/mol. The third-order valence-corrected chi connectivity index (χ3v) is 6.55. The molecule has 34 heavy (non-hydrogen) atoms. The van der Waals surface area contributed by atoms with E-state index in [0.717, 1.165) is 17.6 Å². The second kappa shape index (κ2) is 17.2. The lowest BCUT2D eigenvalue weighted by atomic mass is 10.0. The van der Waals surface area contributed by atoms with Crippen molar-refractivity contribution in [2.45, 2.75) is 110 Å². The number of phenols is 1. The molecule has 0 fully saturated rings. The summed E-state index contributed by atoms with van der Waals surface area (Å²) in [6, 6.07) is 9.93. The van der Waals surface area contributed by atoms with Gasteiger partial charge >= 0.3 is 5.97 Å². The van der Waals surface area contributed by atoms with Crippen LogP contribution in [0, 0.1) is 6.07 Å². The molecule has 0 bridgehead atoms. The van der Waals surface area contributed by atoms with Crippen LogP contribution in [-0.4, -0.2) is 24.8 Å². The summed E-state index contributed by atoms with van der Waals surface area (Å²) in [4.78, 5) is 11.7. The molecule has 1 radical (unpaired) electrons. The molecule has 0 aliphatic heterocycles. The molecule has 0 aliphatic carbocycles. The Hall–Kier alpha value is -2.23. The van der Waals surface area contributed by atoms with Crippen molar-refractivity contribution < 1.29 is 19.4 Å². The number of fused-ring (bicyclic) bond motifs is 1. The Bertz CT molecular complexity index is 830. The summed E-state index contributed by atoms with van der Waals surface area (Å²) in [7, 11) is 1.29. The minimum absolute atomic E-state index is 0.0787. The van der Waals surface area contributed by atoms with E-state index in [2.05, 4.69) is 17.7 Å². The second-order valence-corrected chi connectivity index (χ2v) is 9.40. The topological polar surface area (TPSA) is 55.8 Å². The van der Waals surface area contributed by atoms with Crippen LogP contribution in [0.2, 0.25) is 0 Å². The Balaban J connectivity index is 1.47. The van der Waals surface area contributed by atoms with E-state index in [-0.39, 0.29) is 11.3 Å². The first-order valence-corrected chi connectivity index (χ1v) is 13.6. The number of unbranched alkanes of at least 4 members (excludes halogenated alkanes) is 15. The molecule has 0 atom stereocenters. The number of carbonyl (C=O) groups is 1. The predicted molar refractivity (Wildman–Crippen MR) is 141 cm³/mol. The maximum atomic E-state index is 11.7. The first kappa shape index (κ1) is 28.0. The van der Waals surface area contributed by atoms with Crippen molar-refractivity contribution in [1.82, 2.24) is 0 Å². The van der Waals surface area contributed by atoms with E-state index < -0.39 is 5.97 Å². The van der Waals surface area contributed by atoms with Crippen molar-refractivity contribution >= 4 is 16.7 Å². The SMILES string of the molecule is CCCCCCCCCCCCCCCCCCOc1ccc2c(O)c(C(=O)OC)c[c]c2c1. The number of phenolic OH excluding ortho intramolecular Hbond substituents is 1. The van der Waals surface area contributed by atoms with Gasteiger partial charge in [-0.3, -0.25) is 0 Å². The number of rotatable bonds is 19. The van der Waals surface area contributed by atoms with Crippen molar-refractivity contribution in [3.8, 4) is 11.5 Å². The van der Waals surface area contributed by atoms with E-state index in [1.54, 1.807) is 6.07 Å². The minimum atomic E-state index is -0.570. The van der Waals surface area contributed by atoms with Gasteiger partial charge in [0.2, 0.25) is 0 Å². The van der Waals surface area contributed by atoms with E-state index in [1.807, 2.05) is 12.1 Å².